The Bertz CT molecular complexity index is 434. The van der Waals surface area contributed by atoms with E-state index in [4.69, 9.17) is 5.11 Å². The van der Waals surface area contributed by atoms with E-state index in [2.05, 4.69) is 5.32 Å². The van der Waals surface area contributed by atoms with Crippen molar-refractivity contribution in [3.63, 3.8) is 0 Å². The van der Waals surface area contributed by atoms with Crippen molar-refractivity contribution < 1.29 is 23.1 Å². The van der Waals surface area contributed by atoms with Gasteiger partial charge in [-0.05, 0) is 12.8 Å². The van der Waals surface area contributed by atoms with Crippen LogP contribution < -0.4 is 5.32 Å². The molecule has 2 N–H and O–H groups in total. The lowest BCUT2D eigenvalue weighted by atomic mass is 10.2. The number of sulfone groups is 1. The monoisotopic (exact) mass is 309 g/mol. The molecule has 1 heterocycles. The largest absolute Gasteiger partial charge is 0.480 e. The molecule has 1 fully saturated rings. The average Bonchev–Trinajstić information content (AvgIpc) is 2.66. The first kappa shape index (κ1) is 16.3. The fourth-order valence-corrected chi connectivity index (χ4v) is 5.32. The molecule has 0 aromatic rings. The van der Waals surface area contributed by atoms with Gasteiger partial charge < -0.3 is 10.4 Å². The quantitative estimate of drug-likeness (QED) is 0.700. The van der Waals surface area contributed by atoms with E-state index >= 15 is 0 Å². The normalized spacial score (nSPS) is 22.9. The summed E-state index contributed by atoms with van der Waals surface area (Å²) in [4.78, 5) is 22.5. The second-order valence-electron chi connectivity index (χ2n) is 4.58. The first-order chi connectivity index (χ1) is 8.84. The zero-order valence-electron chi connectivity index (χ0n) is 10.8. The van der Waals surface area contributed by atoms with Gasteiger partial charge in [-0.2, -0.15) is 0 Å². The summed E-state index contributed by atoms with van der Waals surface area (Å²) in [7, 11) is -2.94. The van der Waals surface area contributed by atoms with Crippen LogP contribution >= 0.6 is 11.8 Å². The van der Waals surface area contributed by atoms with Gasteiger partial charge in [-0.25, -0.2) is 13.2 Å². The van der Waals surface area contributed by atoms with Crippen molar-refractivity contribution in [3.8, 4) is 0 Å². The molecule has 1 aliphatic heterocycles. The summed E-state index contributed by atoms with van der Waals surface area (Å²) < 4.78 is 22.5. The average molecular weight is 309 g/mol. The molecule has 0 aromatic carbocycles. The number of thioether (sulfide) groups is 1. The Labute approximate surface area is 117 Å². The predicted molar refractivity (Wildman–Crippen MR) is 74.0 cm³/mol. The molecule has 0 saturated carbocycles. The maximum absolute atomic E-state index is 11.6. The summed E-state index contributed by atoms with van der Waals surface area (Å²) in [6.07, 6.45) is 1.63. The Balaban J connectivity index is 2.33. The number of carbonyl (C=O) groups excluding carboxylic acids is 1. The highest BCUT2D eigenvalue weighted by molar-refractivity contribution is 8.02. The van der Waals surface area contributed by atoms with Crippen LogP contribution in [0.5, 0.6) is 0 Å². The minimum Gasteiger partial charge on any atom is -0.480 e. The van der Waals surface area contributed by atoms with Crippen LogP contribution in [0.1, 0.15) is 26.2 Å². The first-order valence-electron chi connectivity index (χ1n) is 6.18. The fourth-order valence-electron chi connectivity index (χ4n) is 1.87. The van der Waals surface area contributed by atoms with E-state index in [1.165, 1.54) is 11.8 Å². The van der Waals surface area contributed by atoms with Crippen LogP contribution in [-0.4, -0.2) is 54.0 Å². The Hall–Kier alpha value is -0.760. The van der Waals surface area contributed by atoms with Crippen LogP contribution in [0, 0.1) is 0 Å². The summed E-state index contributed by atoms with van der Waals surface area (Å²) >= 11 is 1.28. The molecule has 0 bridgehead atoms. The molecule has 1 aliphatic rings. The third-order valence-electron chi connectivity index (χ3n) is 2.85. The SMILES string of the molecule is CCCC(NC(=O)CSC1CCS(=O)(=O)C1)C(=O)O. The molecule has 0 spiro atoms. The van der Waals surface area contributed by atoms with Crippen molar-refractivity contribution in [2.45, 2.75) is 37.5 Å². The van der Waals surface area contributed by atoms with E-state index in [1.807, 2.05) is 6.92 Å². The van der Waals surface area contributed by atoms with Gasteiger partial charge >= 0.3 is 5.97 Å². The third-order valence-corrected chi connectivity index (χ3v) is 6.13. The van der Waals surface area contributed by atoms with Gasteiger partial charge in [0.05, 0.1) is 17.3 Å². The molecule has 1 rings (SSSR count). The smallest absolute Gasteiger partial charge is 0.326 e. The van der Waals surface area contributed by atoms with E-state index in [0.717, 1.165) is 0 Å². The minimum absolute atomic E-state index is 0.0507. The lowest BCUT2D eigenvalue weighted by molar-refractivity contribution is -0.141. The fraction of sp³-hybridized carbons (Fsp3) is 0.818. The van der Waals surface area contributed by atoms with Crippen molar-refractivity contribution in [2.24, 2.45) is 0 Å². The van der Waals surface area contributed by atoms with Gasteiger partial charge in [0.25, 0.3) is 0 Å². The molecule has 8 heteroatoms. The molecule has 6 nitrogen and oxygen atoms in total. The number of carboxylic acid groups (broad SMARTS) is 1. The van der Waals surface area contributed by atoms with Gasteiger partial charge in [0, 0.05) is 5.25 Å². The van der Waals surface area contributed by atoms with Crippen LogP contribution in [-0.2, 0) is 19.4 Å². The summed E-state index contributed by atoms with van der Waals surface area (Å²) in [5.74, 6) is -0.991. The lowest BCUT2D eigenvalue weighted by Crippen LogP contribution is -2.41. The summed E-state index contributed by atoms with van der Waals surface area (Å²) in [5, 5.41) is 11.3. The number of aliphatic carboxylic acids is 1. The lowest BCUT2D eigenvalue weighted by Gasteiger charge is -2.14. The molecular formula is C11H19NO5S2. The highest BCUT2D eigenvalue weighted by Crippen LogP contribution is 2.23. The van der Waals surface area contributed by atoms with Gasteiger partial charge in [-0.3, -0.25) is 4.79 Å². The van der Waals surface area contributed by atoms with E-state index in [-0.39, 0.29) is 28.4 Å². The maximum atomic E-state index is 11.6. The van der Waals surface area contributed by atoms with Crippen molar-refractivity contribution in [2.75, 3.05) is 17.3 Å². The number of rotatable bonds is 7. The van der Waals surface area contributed by atoms with Gasteiger partial charge in [-0.15, -0.1) is 11.8 Å². The molecule has 0 aromatic heterocycles. The standard InChI is InChI=1S/C11H19NO5S2/c1-2-3-9(11(14)15)12-10(13)6-18-8-4-5-19(16,17)7-8/h8-9H,2-7H2,1H3,(H,12,13)(H,14,15). The molecule has 19 heavy (non-hydrogen) atoms. The van der Waals surface area contributed by atoms with Gasteiger partial charge in [0.2, 0.25) is 5.91 Å². The van der Waals surface area contributed by atoms with E-state index in [0.29, 0.717) is 19.3 Å². The van der Waals surface area contributed by atoms with E-state index in [9.17, 15) is 18.0 Å². The molecule has 0 aliphatic carbocycles. The van der Waals surface area contributed by atoms with Gasteiger partial charge in [-0.1, -0.05) is 13.3 Å². The predicted octanol–water partition coefficient (Wildman–Crippen LogP) is 0.276. The molecule has 1 saturated heterocycles. The first-order valence-corrected chi connectivity index (χ1v) is 9.05. The Morgan fingerprint density at radius 2 is 2.16 bits per heavy atom. The highest BCUT2D eigenvalue weighted by atomic mass is 32.2. The number of amides is 1. The van der Waals surface area contributed by atoms with Crippen molar-refractivity contribution in [1.82, 2.24) is 5.32 Å². The molecule has 110 valence electrons. The van der Waals surface area contributed by atoms with E-state index in [1.54, 1.807) is 0 Å². The Morgan fingerprint density at radius 1 is 1.47 bits per heavy atom. The molecular weight excluding hydrogens is 290 g/mol. The van der Waals surface area contributed by atoms with Crippen LogP contribution in [0.4, 0.5) is 0 Å². The summed E-state index contributed by atoms with van der Waals surface area (Å²) in [6, 6.07) is -0.856. The zero-order valence-corrected chi connectivity index (χ0v) is 12.4. The van der Waals surface area contributed by atoms with E-state index < -0.39 is 21.8 Å². The highest BCUT2D eigenvalue weighted by Gasteiger charge is 2.29. The summed E-state index contributed by atoms with van der Waals surface area (Å²) in [5.41, 5.74) is 0. The number of nitrogens with one attached hydrogen (secondary N) is 1. The van der Waals surface area contributed by atoms with Crippen LogP contribution in [0.25, 0.3) is 0 Å². The Kier molecular flexibility index (Phi) is 6.12. The van der Waals surface area contributed by atoms with Gasteiger partial charge in [0.1, 0.15) is 6.04 Å². The molecule has 0 radical (unpaired) electrons. The van der Waals surface area contributed by atoms with Crippen molar-refractivity contribution in [1.29, 1.82) is 0 Å². The maximum Gasteiger partial charge on any atom is 0.326 e. The van der Waals surface area contributed by atoms with Crippen molar-refractivity contribution >= 4 is 33.5 Å². The second kappa shape index (κ2) is 7.14. The van der Waals surface area contributed by atoms with Gasteiger partial charge in [0.15, 0.2) is 9.84 Å². The van der Waals surface area contributed by atoms with Crippen LogP contribution in [0.2, 0.25) is 0 Å². The number of hydrogen-bond acceptors (Lipinski definition) is 5. The molecule has 2 atom stereocenters. The zero-order chi connectivity index (χ0) is 14.5. The van der Waals surface area contributed by atoms with Crippen LogP contribution in [0.3, 0.4) is 0 Å². The minimum atomic E-state index is -2.94. The number of carboxylic acids is 1. The second-order valence-corrected chi connectivity index (χ2v) is 8.10. The number of carbonyl (C=O) groups is 2. The van der Waals surface area contributed by atoms with Crippen molar-refractivity contribution in [3.05, 3.63) is 0 Å². The third kappa shape index (κ3) is 5.82. The Morgan fingerprint density at radius 3 is 2.63 bits per heavy atom. The topological polar surface area (TPSA) is 101 Å². The molecule has 2 unspecified atom stereocenters. The number of hydrogen-bond donors (Lipinski definition) is 2. The summed E-state index contributed by atoms with van der Waals surface area (Å²) in [6.45, 7) is 1.85. The van der Waals surface area contributed by atoms with Crippen LogP contribution in [0.15, 0.2) is 0 Å². The molecule has 1 amide bonds.